The standard InChI is InChI=1S/C11H14BrNO6S2.Li/c1-8-2-4-9(5-3-8)21(18,19)10(12)11(14)13-6-7-20(15,16)17;/h2-5,10H,6-7H2,1H3,(H,13,14)(H,15,16,17);/q;+1. The summed E-state index contributed by atoms with van der Waals surface area (Å²) in [6, 6.07) is 5.96. The van der Waals surface area contributed by atoms with Crippen LogP contribution in [0.4, 0.5) is 0 Å². The Labute approximate surface area is 149 Å². The fraction of sp³-hybridized carbons (Fsp3) is 0.364. The first-order valence-electron chi connectivity index (χ1n) is 5.71. The summed E-state index contributed by atoms with van der Waals surface area (Å²) in [5.41, 5.74) is 0.873. The van der Waals surface area contributed by atoms with Crippen molar-refractivity contribution in [3.8, 4) is 0 Å². The molecule has 0 heterocycles. The Hall–Kier alpha value is -0.373. The molecule has 0 spiro atoms. The molecule has 0 aliphatic carbocycles. The van der Waals surface area contributed by atoms with Crippen LogP contribution in [0.5, 0.6) is 0 Å². The van der Waals surface area contributed by atoms with E-state index in [1.807, 2.05) is 0 Å². The van der Waals surface area contributed by atoms with E-state index in [0.717, 1.165) is 5.56 Å². The molecule has 0 saturated carbocycles. The number of carbonyl (C=O) groups is 1. The Bertz CT molecular complexity index is 717. The van der Waals surface area contributed by atoms with Crippen molar-refractivity contribution in [1.82, 2.24) is 5.32 Å². The van der Waals surface area contributed by atoms with Gasteiger partial charge >= 0.3 is 18.9 Å². The predicted molar refractivity (Wildman–Crippen MR) is 80.5 cm³/mol. The van der Waals surface area contributed by atoms with Gasteiger partial charge in [0.1, 0.15) is 0 Å². The molecule has 11 heteroatoms. The smallest absolute Gasteiger partial charge is 0.353 e. The van der Waals surface area contributed by atoms with E-state index in [1.165, 1.54) is 12.1 Å². The molecule has 2 N–H and O–H groups in total. The van der Waals surface area contributed by atoms with Crippen LogP contribution in [0.15, 0.2) is 29.2 Å². The van der Waals surface area contributed by atoms with E-state index in [-0.39, 0.29) is 30.3 Å². The van der Waals surface area contributed by atoms with Gasteiger partial charge in [0.2, 0.25) is 5.91 Å². The largest absolute Gasteiger partial charge is 1.00 e. The molecule has 0 aliphatic heterocycles. The summed E-state index contributed by atoms with van der Waals surface area (Å²) >= 11 is 2.79. The van der Waals surface area contributed by atoms with Crippen molar-refractivity contribution >= 4 is 41.8 Å². The molecule has 7 nitrogen and oxygen atoms in total. The summed E-state index contributed by atoms with van der Waals surface area (Å²) in [5.74, 6) is -1.59. The Morgan fingerprint density at radius 2 is 1.73 bits per heavy atom. The van der Waals surface area contributed by atoms with Crippen LogP contribution < -0.4 is 24.2 Å². The van der Waals surface area contributed by atoms with Crippen molar-refractivity contribution in [2.45, 2.75) is 16.0 Å². The van der Waals surface area contributed by atoms with Gasteiger partial charge in [0.25, 0.3) is 10.1 Å². The zero-order valence-electron chi connectivity index (χ0n) is 12.0. The average molecular weight is 407 g/mol. The van der Waals surface area contributed by atoms with Crippen molar-refractivity contribution in [2.24, 2.45) is 0 Å². The van der Waals surface area contributed by atoms with Crippen LogP contribution in [-0.2, 0) is 24.7 Å². The van der Waals surface area contributed by atoms with Crippen LogP contribution >= 0.6 is 15.9 Å². The van der Waals surface area contributed by atoms with Crippen LogP contribution in [0.3, 0.4) is 0 Å². The van der Waals surface area contributed by atoms with Gasteiger partial charge in [-0.15, -0.1) is 0 Å². The van der Waals surface area contributed by atoms with Crippen LogP contribution in [-0.4, -0.2) is 43.8 Å². The Balaban J connectivity index is 0.00000441. The van der Waals surface area contributed by atoms with E-state index in [4.69, 9.17) is 4.55 Å². The molecular formula is C11H14BrLiNO6S2+. The molecule has 0 saturated heterocycles. The molecule has 1 aromatic carbocycles. The molecule has 22 heavy (non-hydrogen) atoms. The van der Waals surface area contributed by atoms with E-state index in [9.17, 15) is 21.6 Å². The molecule has 118 valence electrons. The fourth-order valence-electron chi connectivity index (χ4n) is 1.37. The monoisotopic (exact) mass is 406 g/mol. The normalized spacial score (nSPS) is 13.0. The van der Waals surface area contributed by atoms with Crippen molar-refractivity contribution in [3.05, 3.63) is 29.8 Å². The second-order valence-corrected chi connectivity index (χ2v) is 9.38. The maximum Gasteiger partial charge on any atom is 1.00 e. The minimum Gasteiger partial charge on any atom is -0.353 e. The van der Waals surface area contributed by atoms with E-state index in [0.29, 0.717) is 0 Å². The number of nitrogens with one attached hydrogen (secondary N) is 1. The molecule has 1 unspecified atom stereocenters. The second-order valence-electron chi connectivity index (χ2n) is 4.25. The fourth-order valence-corrected chi connectivity index (χ4v) is 3.66. The second kappa shape index (κ2) is 8.47. The van der Waals surface area contributed by atoms with Gasteiger partial charge in [-0.1, -0.05) is 33.6 Å². The zero-order valence-corrected chi connectivity index (χ0v) is 15.2. The van der Waals surface area contributed by atoms with Gasteiger partial charge in [0.05, 0.1) is 10.6 Å². The first-order valence-corrected chi connectivity index (χ1v) is 9.78. The van der Waals surface area contributed by atoms with Gasteiger partial charge in [-0.25, -0.2) is 8.42 Å². The minimum absolute atomic E-state index is 0. The Kier molecular flexibility index (Phi) is 8.33. The number of benzene rings is 1. The molecule has 1 amide bonds. The Morgan fingerprint density at radius 1 is 1.23 bits per heavy atom. The van der Waals surface area contributed by atoms with Crippen LogP contribution in [0.25, 0.3) is 0 Å². The summed E-state index contributed by atoms with van der Waals surface area (Å²) in [6.45, 7) is 1.41. The van der Waals surface area contributed by atoms with Crippen molar-refractivity contribution in [1.29, 1.82) is 0 Å². The third kappa shape index (κ3) is 6.40. The van der Waals surface area contributed by atoms with Gasteiger partial charge in [-0.2, -0.15) is 8.42 Å². The third-order valence-electron chi connectivity index (χ3n) is 2.49. The molecule has 0 aromatic heterocycles. The van der Waals surface area contributed by atoms with Crippen molar-refractivity contribution < 1.29 is 45.0 Å². The van der Waals surface area contributed by atoms with Crippen LogP contribution in [0.2, 0.25) is 0 Å². The number of hydrogen-bond acceptors (Lipinski definition) is 5. The van der Waals surface area contributed by atoms with Gasteiger partial charge in [0.15, 0.2) is 14.0 Å². The molecular weight excluding hydrogens is 393 g/mol. The zero-order chi connectivity index (χ0) is 16.3. The molecule has 0 fully saturated rings. The van der Waals surface area contributed by atoms with Gasteiger partial charge in [-0.05, 0) is 19.1 Å². The first kappa shape index (κ1) is 21.6. The predicted octanol–water partition coefficient (Wildman–Crippen LogP) is -2.50. The van der Waals surface area contributed by atoms with Gasteiger partial charge in [-0.3, -0.25) is 9.35 Å². The maximum atomic E-state index is 12.2. The summed E-state index contributed by atoms with van der Waals surface area (Å²) < 4.78 is 52.3. The number of halogens is 1. The SMILES string of the molecule is Cc1ccc(S(=O)(=O)C(Br)C(=O)NCCS(=O)(=O)O)cc1.[Li+]. The van der Waals surface area contributed by atoms with Crippen LogP contribution in [0.1, 0.15) is 5.56 Å². The summed E-state index contributed by atoms with van der Waals surface area (Å²) in [6.07, 6.45) is 0. The Morgan fingerprint density at radius 3 is 2.18 bits per heavy atom. The summed E-state index contributed by atoms with van der Waals surface area (Å²) in [7, 11) is -8.15. The van der Waals surface area contributed by atoms with E-state index < -0.39 is 35.8 Å². The van der Waals surface area contributed by atoms with E-state index in [2.05, 4.69) is 21.2 Å². The van der Waals surface area contributed by atoms with E-state index >= 15 is 0 Å². The quantitative estimate of drug-likeness (QED) is 0.306. The molecule has 0 aliphatic rings. The number of alkyl halides is 1. The summed E-state index contributed by atoms with van der Waals surface area (Å²) in [5, 5.41) is 2.12. The van der Waals surface area contributed by atoms with Crippen molar-refractivity contribution in [3.63, 3.8) is 0 Å². The number of amides is 1. The minimum atomic E-state index is -4.22. The molecule has 0 radical (unpaired) electrons. The molecule has 1 atom stereocenters. The maximum absolute atomic E-state index is 12.2. The number of sulfone groups is 1. The number of rotatable bonds is 6. The molecule has 0 bridgehead atoms. The number of carbonyl (C=O) groups excluding carboxylic acids is 1. The van der Waals surface area contributed by atoms with Crippen molar-refractivity contribution in [2.75, 3.05) is 12.3 Å². The van der Waals surface area contributed by atoms with Gasteiger partial charge < -0.3 is 5.32 Å². The van der Waals surface area contributed by atoms with E-state index in [1.54, 1.807) is 19.1 Å². The van der Waals surface area contributed by atoms with Gasteiger partial charge in [0, 0.05) is 6.54 Å². The molecule has 1 rings (SSSR count). The first-order chi connectivity index (χ1) is 9.54. The average Bonchev–Trinajstić information content (AvgIpc) is 2.36. The third-order valence-corrected chi connectivity index (χ3v) is 6.79. The number of aryl methyl sites for hydroxylation is 1. The van der Waals surface area contributed by atoms with Crippen LogP contribution in [0, 0.1) is 6.92 Å². The molecule has 1 aromatic rings. The number of hydrogen-bond donors (Lipinski definition) is 2. The topological polar surface area (TPSA) is 118 Å². The summed E-state index contributed by atoms with van der Waals surface area (Å²) in [4.78, 5) is 11.7.